The lowest BCUT2D eigenvalue weighted by atomic mass is 10.1. The van der Waals surface area contributed by atoms with Gasteiger partial charge in [0.25, 0.3) is 0 Å². The Morgan fingerprint density at radius 1 is 1.23 bits per heavy atom. The van der Waals surface area contributed by atoms with Gasteiger partial charge in [-0.3, -0.25) is 9.59 Å². The summed E-state index contributed by atoms with van der Waals surface area (Å²) >= 11 is 17.9. The zero-order chi connectivity index (χ0) is 16.4. The van der Waals surface area contributed by atoms with E-state index in [0.29, 0.717) is 24.4 Å². The van der Waals surface area contributed by atoms with E-state index in [-0.39, 0.29) is 18.4 Å². The summed E-state index contributed by atoms with van der Waals surface area (Å²) in [5.74, 6) is -0.571. The molecular formula is C15H17Cl3N2O2. The predicted octanol–water partition coefficient (Wildman–Crippen LogP) is 2.70. The molecule has 2 rings (SSSR count). The van der Waals surface area contributed by atoms with Gasteiger partial charge in [0.2, 0.25) is 11.8 Å². The van der Waals surface area contributed by atoms with Gasteiger partial charge in [-0.1, -0.05) is 29.8 Å². The van der Waals surface area contributed by atoms with Crippen molar-refractivity contribution in [1.82, 2.24) is 10.6 Å². The lowest BCUT2D eigenvalue weighted by Crippen LogP contribution is -2.41. The van der Waals surface area contributed by atoms with Crippen molar-refractivity contribution < 1.29 is 9.59 Å². The Labute approximate surface area is 144 Å². The third kappa shape index (κ3) is 3.86. The van der Waals surface area contributed by atoms with Crippen LogP contribution in [0.3, 0.4) is 0 Å². The van der Waals surface area contributed by atoms with E-state index in [9.17, 15) is 9.59 Å². The van der Waals surface area contributed by atoms with Crippen LogP contribution in [-0.4, -0.2) is 29.2 Å². The summed E-state index contributed by atoms with van der Waals surface area (Å²) in [7, 11) is 0. The molecule has 1 unspecified atom stereocenters. The molecule has 0 aliphatic heterocycles. The number of hydrogen-bond acceptors (Lipinski definition) is 2. The van der Waals surface area contributed by atoms with E-state index in [1.807, 2.05) is 18.2 Å². The lowest BCUT2D eigenvalue weighted by molar-refractivity contribution is -0.129. The largest absolute Gasteiger partial charge is 0.354 e. The Morgan fingerprint density at radius 2 is 1.86 bits per heavy atom. The van der Waals surface area contributed by atoms with Gasteiger partial charge in [-0.05, 0) is 31.4 Å². The molecule has 2 amide bonds. The zero-order valence-corrected chi connectivity index (χ0v) is 14.4. The Kier molecular flexibility index (Phi) is 5.25. The van der Waals surface area contributed by atoms with Gasteiger partial charge in [0.1, 0.15) is 4.33 Å². The quantitative estimate of drug-likeness (QED) is 0.764. The highest BCUT2D eigenvalue weighted by molar-refractivity contribution is 6.53. The van der Waals surface area contributed by atoms with Gasteiger partial charge in [0.15, 0.2) is 0 Å². The van der Waals surface area contributed by atoms with E-state index < -0.39 is 9.75 Å². The maximum Gasteiger partial charge on any atom is 0.239 e. The Hall–Kier alpha value is -0.970. The number of rotatable bonds is 6. The molecule has 0 bridgehead atoms. The van der Waals surface area contributed by atoms with Crippen molar-refractivity contribution >= 4 is 46.6 Å². The molecule has 1 aromatic carbocycles. The molecule has 1 fully saturated rings. The number of alkyl halides is 2. The second-order valence-electron chi connectivity index (χ2n) is 5.59. The van der Waals surface area contributed by atoms with E-state index >= 15 is 0 Å². The van der Waals surface area contributed by atoms with E-state index in [4.69, 9.17) is 34.8 Å². The smallest absolute Gasteiger partial charge is 0.239 e. The summed E-state index contributed by atoms with van der Waals surface area (Å²) in [6.45, 7) is 2.03. The normalized spacial score (nSPS) is 22.0. The topological polar surface area (TPSA) is 58.2 Å². The number of hydrogen-bond donors (Lipinski definition) is 2. The minimum atomic E-state index is -1.03. The Morgan fingerprint density at radius 3 is 2.45 bits per heavy atom. The number of carbonyl (C=O) groups excluding carboxylic acids is 2. The Bertz CT molecular complexity index is 592. The summed E-state index contributed by atoms with van der Waals surface area (Å²) in [6, 6.07) is 7.46. The molecule has 1 saturated carbocycles. The maximum atomic E-state index is 11.9. The molecule has 0 spiro atoms. The third-order valence-electron chi connectivity index (χ3n) is 3.84. The fraction of sp³-hybridized carbons (Fsp3) is 0.467. The van der Waals surface area contributed by atoms with Gasteiger partial charge in [-0.15, -0.1) is 23.2 Å². The van der Waals surface area contributed by atoms with Crippen LogP contribution in [0.5, 0.6) is 0 Å². The predicted molar refractivity (Wildman–Crippen MR) is 88.3 cm³/mol. The second kappa shape index (κ2) is 6.65. The second-order valence-corrected chi connectivity index (χ2v) is 7.48. The van der Waals surface area contributed by atoms with Crippen LogP contribution in [0.15, 0.2) is 24.3 Å². The van der Waals surface area contributed by atoms with Crippen LogP contribution in [0, 0.1) is 5.41 Å². The van der Waals surface area contributed by atoms with Crippen LogP contribution in [0.4, 0.5) is 0 Å². The average molecular weight is 364 g/mol. The number of halogens is 3. The van der Waals surface area contributed by atoms with Crippen molar-refractivity contribution in [1.29, 1.82) is 0 Å². The summed E-state index contributed by atoms with van der Waals surface area (Å²) in [6.07, 6.45) is 1.02. The van der Waals surface area contributed by atoms with E-state index in [1.165, 1.54) is 0 Å². The number of carbonyl (C=O) groups is 2. The van der Waals surface area contributed by atoms with Crippen LogP contribution < -0.4 is 10.6 Å². The number of benzene rings is 1. The molecule has 1 aromatic rings. The van der Waals surface area contributed by atoms with Gasteiger partial charge in [-0.25, -0.2) is 0 Å². The van der Waals surface area contributed by atoms with E-state index in [2.05, 4.69) is 10.6 Å². The van der Waals surface area contributed by atoms with Crippen molar-refractivity contribution in [2.24, 2.45) is 5.41 Å². The van der Waals surface area contributed by atoms with Crippen LogP contribution in [0.25, 0.3) is 0 Å². The summed E-state index contributed by atoms with van der Waals surface area (Å²) in [4.78, 5) is 23.6. The van der Waals surface area contributed by atoms with Gasteiger partial charge < -0.3 is 10.6 Å². The standard InChI is InChI=1S/C15H17Cl3N2O2/c1-14(9-15(14,17)18)13(22)20-8-12(21)19-7-6-10-4-2-3-5-11(10)16/h2-5H,6-9H2,1H3,(H,19,21)(H,20,22). The van der Waals surface area contributed by atoms with Crippen molar-refractivity contribution in [2.45, 2.75) is 24.1 Å². The lowest BCUT2D eigenvalue weighted by Gasteiger charge is -2.12. The van der Waals surface area contributed by atoms with Crippen LogP contribution in [-0.2, 0) is 16.0 Å². The molecule has 7 heteroatoms. The fourth-order valence-corrected chi connectivity index (χ4v) is 3.04. The summed E-state index contributed by atoms with van der Waals surface area (Å²) in [5.41, 5.74) is 0.154. The SMILES string of the molecule is CC1(C(=O)NCC(=O)NCCc2ccccc2Cl)CC1(Cl)Cl. The highest BCUT2D eigenvalue weighted by Crippen LogP contribution is 2.63. The molecular weight excluding hydrogens is 347 g/mol. The summed E-state index contributed by atoms with van der Waals surface area (Å²) in [5, 5.41) is 5.96. The maximum absolute atomic E-state index is 11.9. The molecule has 1 aliphatic rings. The van der Waals surface area contributed by atoms with Gasteiger partial charge in [0, 0.05) is 11.6 Å². The van der Waals surface area contributed by atoms with Crippen molar-refractivity contribution in [3.63, 3.8) is 0 Å². The number of amides is 2. The Balaban J connectivity index is 1.69. The first-order valence-electron chi connectivity index (χ1n) is 6.92. The van der Waals surface area contributed by atoms with Crippen molar-refractivity contribution in [2.75, 3.05) is 13.1 Å². The minimum Gasteiger partial charge on any atom is -0.354 e. The average Bonchev–Trinajstić information content (AvgIpc) is 2.98. The fourth-order valence-electron chi connectivity index (χ4n) is 2.10. The summed E-state index contributed by atoms with van der Waals surface area (Å²) < 4.78 is -1.03. The van der Waals surface area contributed by atoms with Gasteiger partial charge >= 0.3 is 0 Å². The monoisotopic (exact) mass is 362 g/mol. The molecule has 120 valence electrons. The molecule has 0 radical (unpaired) electrons. The van der Waals surface area contributed by atoms with E-state index in [0.717, 1.165) is 5.56 Å². The highest BCUT2D eigenvalue weighted by atomic mass is 35.5. The molecule has 4 nitrogen and oxygen atoms in total. The molecule has 0 aromatic heterocycles. The van der Waals surface area contributed by atoms with E-state index in [1.54, 1.807) is 13.0 Å². The van der Waals surface area contributed by atoms with Crippen LogP contribution in [0.1, 0.15) is 18.9 Å². The van der Waals surface area contributed by atoms with Crippen LogP contribution in [0.2, 0.25) is 5.02 Å². The van der Waals surface area contributed by atoms with Crippen LogP contribution >= 0.6 is 34.8 Å². The first kappa shape index (κ1) is 17.4. The van der Waals surface area contributed by atoms with Gasteiger partial charge in [-0.2, -0.15) is 0 Å². The van der Waals surface area contributed by atoms with Crippen molar-refractivity contribution in [3.8, 4) is 0 Å². The molecule has 0 heterocycles. The third-order valence-corrected chi connectivity index (χ3v) is 5.31. The molecule has 0 saturated heterocycles. The first-order chi connectivity index (χ1) is 10.3. The minimum absolute atomic E-state index is 0.0964. The molecule has 2 N–H and O–H groups in total. The molecule has 1 aliphatic carbocycles. The zero-order valence-electron chi connectivity index (χ0n) is 12.1. The van der Waals surface area contributed by atoms with Gasteiger partial charge in [0.05, 0.1) is 12.0 Å². The first-order valence-corrected chi connectivity index (χ1v) is 8.06. The van der Waals surface area contributed by atoms with Crippen molar-refractivity contribution in [3.05, 3.63) is 34.9 Å². The molecule has 22 heavy (non-hydrogen) atoms. The molecule has 1 atom stereocenters. The number of nitrogens with one attached hydrogen (secondary N) is 2. The highest BCUT2D eigenvalue weighted by Gasteiger charge is 2.67.